The first kappa shape index (κ1) is 14.9. The minimum atomic E-state index is -1.19. The van der Waals surface area contributed by atoms with Gasteiger partial charge in [0.25, 0.3) is 5.69 Å². The van der Waals surface area contributed by atoms with E-state index in [0.717, 1.165) is 0 Å². The van der Waals surface area contributed by atoms with Gasteiger partial charge >= 0.3 is 5.97 Å². The molecule has 7 nitrogen and oxygen atoms in total. The van der Waals surface area contributed by atoms with Crippen molar-refractivity contribution in [2.24, 2.45) is 0 Å². The number of benzene rings is 1. The Morgan fingerprint density at radius 1 is 1.43 bits per heavy atom. The summed E-state index contributed by atoms with van der Waals surface area (Å²) in [6.07, 6.45) is -0.655. The van der Waals surface area contributed by atoms with Gasteiger partial charge in [-0.25, -0.2) is 4.79 Å². The van der Waals surface area contributed by atoms with Crippen molar-refractivity contribution in [1.29, 1.82) is 0 Å². The molecule has 21 heavy (non-hydrogen) atoms. The van der Waals surface area contributed by atoms with Gasteiger partial charge in [0.15, 0.2) is 6.10 Å². The average Bonchev–Trinajstić information content (AvgIpc) is 2.90. The standard InChI is InChI=1S/C13H10ClNO6/c1-7(10-4-5-11(21-10)13(16)17)20-12-6-8(15(18)19)2-3-9(12)14/h2-7H,1H3,(H,16,17). The van der Waals surface area contributed by atoms with E-state index in [1.807, 2.05) is 0 Å². The molecule has 0 spiro atoms. The molecule has 0 aliphatic carbocycles. The van der Waals surface area contributed by atoms with E-state index in [0.29, 0.717) is 0 Å². The Kier molecular flexibility index (Phi) is 4.13. The second-order valence-corrected chi connectivity index (χ2v) is 4.55. The molecule has 110 valence electrons. The van der Waals surface area contributed by atoms with E-state index in [1.54, 1.807) is 6.92 Å². The number of furan rings is 1. The number of carbonyl (C=O) groups is 1. The number of hydrogen-bond acceptors (Lipinski definition) is 5. The van der Waals surface area contributed by atoms with E-state index < -0.39 is 17.0 Å². The smallest absolute Gasteiger partial charge is 0.371 e. The fraction of sp³-hybridized carbons (Fsp3) is 0.154. The van der Waals surface area contributed by atoms with Crippen LogP contribution >= 0.6 is 11.6 Å². The molecule has 8 heteroatoms. The number of aromatic carboxylic acids is 1. The Hall–Kier alpha value is -2.54. The molecule has 1 aromatic carbocycles. The molecular formula is C13H10ClNO6. The minimum Gasteiger partial charge on any atom is -0.481 e. The molecule has 1 heterocycles. The summed E-state index contributed by atoms with van der Waals surface area (Å²) >= 11 is 5.92. The molecule has 2 rings (SSSR count). The highest BCUT2D eigenvalue weighted by Gasteiger charge is 2.18. The average molecular weight is 312 g/mol. The van der Waals surface area contributed by atoms with Gasteiger partial charge in [0, 0.05) is 6.07 Å². The van der Waals surface area contributed by atoms with Crippen LogP contribution in [-0.2, 0) is 0 Å². The predicted octanol–water partition coefficient (Wildman–Crippen LogP) is 3.68. The zero-order valence-electron chi connectivity index (χ0n) is 10.8. The Balaban J connectivity index is 2.22. The second-order valence-electron chi connectivity index (χ2n) is 4.14. The van der Waals surface area contributed by atoms with Gasteiger partial charge in [0.05, 0.1) is 16.0 Å². The molecule has 0 aliphatic heterocycles. The number of nitro benzene ring substituents is 1. The van der Waals surface area contributed by atoms with Crippen LogP contribution in [-0.4, -0.2) is 16.0 Å². The van der Waals surface area contributed by atoms with E-state index in [-0.39, 0.29) is 28.0 Å². The molecular weight excluding hydrogens is 302 g/mol. The molecule has 0 radical (unpaired) electrons. The minimum absolute atomic E-state index is 0.117. The molecule has 0 aliphatic rings. The van der Waals surface area contributed by atoms with Crippen LogP contribution in [0.2, 0.25) is 5.02 Å². The largest absolute Gasteiger partial charge is 0.481 e. The highest BCUT2D eigenvalue weighted by molar-refractivity contribution is 6.32. The molecule has 1 N–H and O–H groups in total. The highest BCUT2D eigenvalue weighted by atomic mass is 35.5. The van der Waals surface area contributed by atoms with E-state index in [1.165, 1.54) is 30.3 Å². The zero-order chi connectivity index (χ0) is 15.6. The Morgan fingerprint density at radius 2 is 2.14 bits per heavy atom. The molecule has 0 fully saturated rings. The van der Waals surface area contributed by atoms with Crippen molar-refractivity contribution in [3.05, 3.63) is 57.0 Å². The van der Waals surface area contributed by atoms with Gasteiger partial charge in [-0.05, 0) is 25.1 Å². The first-order chi connectivity index (χ1) is 9.88. The SMILES string of the molecule is CC(Oc1cc([N+](=O)[O-])ccc1Cl)c1ccc(C(=O)O)o1. The van der Waals surface area contributed by atoms with Gasteiger partial charge in [-0.1, -0.05) is 11.6 Å². The molecule has 1 unspecified atom stereocenters. The van der Waals surface area contributed by atoms with Gasteiger partial charge in [-0.15, -0.1) is 0 Å². The predicted molar refractivity (Wildman–Crippen MR) is 72.8 cm³/mol. The normalized spacial score (nSPS) is 11.9. The number of halogens is 1. The van der Waals surface area contributed by atoms with Crippen LogP contribution in [0, 0.1) is 10.1 Å². The molecule has 2 aromatic rings. The maximum atomic E-state index is 10.7. The molecule has 0 saturated heterocycles. The summed E-state index contributed by atoms with van der Waals surface area (Å²) in [6, 6.07) is 6.56. The number of nitro groups is 1. The summed E-state index contributed by atoms with van der Waals surface area (Å²) in [7, 11) is 0. The van der Waals surface area contributed by atoms with Crippen LogP contribution in [0.1, 0.15) is 29.3 Å². The third kappa shape index (κ3) is 3.32. The topological polar surface area (TPSA) is 103 Å². The lowest BCUT2D eigenvalue weighted by Crippen LogP contribution is -2.03. The quantitative estimate of drug-likeness (QED) is 0.667. The van der Waals surface area contributed by atoms with Gasteiger partial charge in [0.1, 0.15) is 11.5 Å². The highest BCUT2D eigenvalue weighted by Crippen LogP contribution is 2.32. The van der Waals surface area contributed by atoms with Crippen molar-refractivity contribution >= 4 is 23.3 Å². The maximum Gasteiger partial charge on any atom is 0.371 e. The van der Waals surface area contributed by atoms with Crippen LogP contribution in [0.5, 0.6) is 5.75 Å². The summed E-state index contributed by atoms with van der Waals surface area (Å²) in [5, 5.41) is 19.7. The van der Waals surface area contributed by atoms with Crippen molar-refractivity contribution in [2.75, 3.05) is 0 Å². The number of rotatable bonds is 5. The summed E-state index contributed by atoms with van der Waals surface area (Å²) in [4.78, 5) is 20.9. The lowest BCUT2D eigenvalue weighted by Gasteiger charge is -2.13. The van der Waals surface area contributed by atoms with E-state index in [2.05, 4.69) is 0 Å². The summed E-state index contributed by atoms with van der Waals surface area (Å²) in [5.74, 6) is -1.02. The number of carboxylic acid groups (broad SMARTS) is 1. The first-order valence-electron chi connectivity index (χ1n) is 5.82. The fourth-order valence-corrected chi connectivity index (χ4v) is 1.79. The van der Waals surface area contributed by atoms with Gasteiger partial charge in [-0.3, -0.25) is 10.1 Å². The van der Waals surface area contributed by atoms with Crippen molar-refractivity contribution in [3.8, 4) is 5.75 Å². The van der Waals surface area contributed by atoms with Crippen LogP contribution < -0.4 is 4.74 Å². The summed E-state index contributed by atoms with van der Waals surface area (Å²) in [5.41, 5.74) is -0.160. The number of nitrogens with zero attached hydrogens (tertiary/aromatic N) is 1. The van der Waals surface area contributed by atoms with E-state index >= 15 is 0 Å². The lowest BCUT2D eigenvalue weighted by molar-refractivity contribution is -0.384. The van der Waals surface area contributed by atoms with Crippen LogP contribution in [0.4, 0.5) is 5.69 Å². The second kappa shape index (κ2) is 5.84. The van der Waals surface area contributed by atoms with Gasteiger partial charge in [-0.2, -0.15) is 0 Å². The number of ether oxygens (including phenoxy) is 1. The summed E-state index contributed by atoms with van der Waals surface area (Å²) in [6.45, 7) is 1.61. The van der Waals surface area contributed by atoms with Crippen LogP contribution in [0.15, 0.2) is 34.7 Å². The maximum absolute atomic E-state index is 10.7. The number of non-ortho nitro benzene ring substituents is 1. The summed E-state index contributed by atoms with van der Waals surface area (Å²) < 4.78 is 10.6. The molecule has 0 amide bonds. The van der Waals surface area contributed by atoms with E-state index in [4.69, 9.17) is 25.9 Å². The number of hydrogen-bond donors (Lipinski definition) is 1. The molecule has 0 bridgehead atoms. The van der Waals surface area contributed by atoms with Crippen LogP contribution in [0.25, 0.3) is 0 Å². The van der Waals surface area contributed by atoms with Gasteiger partial charge < -0.3 is 14.3 Å². The zero-order valence-corrected chi connectivity index (χ0v) is 11.5. The van der Waals surface area contributed by atoms with E-state index in [9.17, 15) is 14.9 Å². The fourth-order valence-electron chi connectivity index (χ4n) is 1.63. The van der Waals surface area contributed by atoms with Crippen molar-refractivity contribution < 1.29 is 24.0 Å². The van der Waals surface area contributed by atoms with Gasteiger partial charge in [0.2, 0.25) is 5.76 Å². The third-order valence-electron chi connectivity index (χ3n) is 2.67. The number of carboxylic acids is 1. The monoisotopic (exact) mass is 311 g/mol. The van der Waals surface area contributed by atoms with Crippen molar-refractivity contribution in [1.82, 2.24) is 0 Å². The van der Waals surface area contributed by atoms with Crippen molar-refractivity contribution in [2.45, 2.75) is 13.0 Å². The molecule has 0 saturated carbocycles. The Bertz CT molecular complexity index is 696. The Labute approximate surface area is 123 Å². The first-order valence-corrected chi connectivity index (χ1v) is 6.20. The van der Waals surface area contributed by atoms with Crippen molar-refractivity contribution in [3.63, 3.8) is 0 Å². The molecule has 1 atom stereocenters. The Morgan fingerprint density at radius 3 is 2.71 bits per heavy atom. The van der Waals surface area contributed by atoms with Crippen LogP contribution in [0.3, 0.4) is 0 Å². The third-order valence-corrected chi connectivity index (χ3v) is 2.98. The molecule has 1 aromatic heterocycles. The lowest BCUT2D eigenvalue weighted by atomic mass is 10.2.